The van der Waals surface area contributed by atoms with E-state index in [1.54, 1.807) is 13.8 Å². The van der Waals surface area contributed by atoms with E-state index in [9.17, 15) is 4.79 Å². The van der Waals surface area contributed by atoms with Crippen molar-refractivity contribution in [1.29, 1.82) is 0 Å². The molecule has 0 aromatic heterocycles. The lowest BCUT2D eigenvalue weighted by Gasteiger charge is -2.22. The summed E-state index contributed by atoms with van der Waals surface area (Å²) >= 11 is 0. The molecule has 0 aromatic rings. The van der Waals surface area contributed by atoms with Crippen molar-refractivity contribution in [2.45, 2.75) is 25.5 Å². The minimum atomic E-state index is -1.25. The van der Waals surface area contributed by atoms with Gasteiger partial charge < -0.3 is 15.6 Å². The molecule has 10 heavy (non-hydrogen) atoms. The number of methoxy groups -OCH3 is 1. The Balaban J connectivity index is 4.08. The van der Waals surface area contributed by atoms with Crippen molar-refractivity contribution in [2.75, 3.05) is 7.11 Å². The summed E-state index contributed by atoms with van der Waals surface area (Å²) in [5.41, 5.74) is 4.47. The van der Waals surface area contributed by atoms with Gasteiger partial charge in [0, 0.05) is 5.54 Å². The zero-order valence-corrected chi connectivity index (χ0v) is 6.42. The zero-order chi connectivity index (χ0) is 8.36. The number of aliphatic hydroxyl groups is 1. The quantitative estimate of drug-likeness (QED) is 0.504. The molecule has 60 valence electrons. The first kappa shape index (κ1) is 9.39. The molecule has 1 atom stereocenters. The normalized spacial score (nSPS) is 14.5. The fraction of sp³-hybridized carbons (Fsp3) is 0.833. The van der Waals surface area contributed by atoms with Gasteiger partial charge in [-0.25, -0.2) is 4.79 Å². The lowest BCUT2D eigenvalue weighted by Crippen LogP contribution is -2.49. The molecule has 0 rings (SSSR count). The number of carbonyl (C=O) groups is 1. The summed E-state index contributed by atoms with van der Waals surface area (Å²) in [6, 6.07) is 0. The van der Waals surface area contributed by atoms with Crippen molar-refractivity contribution in [3.05, 3.63) is 0 Å². The molecule has 0 bridgehead atoms. The van der Waals surface area contributed by atoms with Crippen LogP contribution in [0.5, 0.6) is 0 Å². The second-order valence-electron chi connectivity index (χ2n) is 2.75. The molecule has 0 saturated heterocycles. The van der Waals surface area contributed by atoms with Crippen molar-refractivity contribution in [3.8, 4) is 0 Å². The number of ether oxygens (including phenoxy) is 1. The lowest BCUT2D eigenvalue weighted by atomic mass is 9.99. The molecule has 0 aromatic carbocycles. The third kappa shape index (κ3) is 2.33. The molecule has 0 fully saturated rings. The third-order valence-electron chi connectivity index (χ3n) is 1.13. The third-order valence-corrected chi connectivity index (χ3v) is 1.13. The van der Waals surface area contributed by atoms with E-state index in [2.05, 4.69) is 4.74 Å². The Morgan fingerprint density at radius 1 is 1.70 bits per heavy atom. The van der Waals surface area contributed by atoms with Crippen LogP contribution in [-0.2, 0) is 9.53 Å². The van der Waals surface area contributed by atoms with E-state index in [0.717, 1.165) is 0 Å². The number of esters is 1. The van der Waals surface area contributed by atoms with Crippen LogP contribution in [0.3, 0.4) is 0 Å². The van der Waals surface area contributed by atoms with E-state index in [-0.39, 0.29) is 0 Å². The van der Waals surface area contributed by atoms with Gasteiger partial charge in [-0.2, -0.15) is 0 Å². The highest BCUT2D eigenvalue weighted by atomic mass is 16.5. The average Bonchev–Trinajstić information content (AvgIpc) is 1.83. The highest BCUT2D eigenvalue weighted by Crippen LogP contribution is 2.05. The van der Waals surface area contributed by atoms with Gasteiger partial charge in [-0.3, -0.25) is 0 Å². The number of rotatable bonds is 2. The minimum absolute atomic E-state index is 0.701. The highest BCUT2D eigenvalue weighted by Gasteiger charge is 2.30. The molecule has 0 aliphatic carbocycles. The van der Waals surface area contributed by atoms with Gasteiger partial charge in [-0.15, -0.1) is 0 Å². The Labute approximate surface area is 60.0 Å². The molecule has 0 spiro atoms. The summed E-state index contributed by atoms with van der Waals surface area (Å²) in [5.74, 6) is -0.701. The van der Waals surface area contributed by atoms with Crippen LogP contribution >= 0.6 is 0 Å². The van der Waals surface area contributed by atoms with Gasteiger partial charge in [0.1, 0.15) is 0 Å². The largest absolute Gasteiger partial charge is 0.467 e. The lowest BCUT2D eigenvalue weighted by molar-refractivity contribution is -0.153. The Hall–Kier alpha value is -0.610. The monoisotopic (exact) mass is 147 g/mol. The summed E-state index contributed by atoms with van der Waals surface area (Å²) in [4.78, 5) is 10.6. The first-order chi connectivity index (χ1) is 4.39. The summed E-state index contributed by atoms with van der Waals surface area (Å²) in [5, 5.41) is 9.05. The van der Waals surface area contributed by atoms with Crippen LogP contribution in [0.1, 0.15) is 13.8 Å². The van der Waals surface area contributed by atoms with E-state index in [1.807, 2.05) is 0 Å². The van der Waals surface area contributed by atoms with Crippen LogP contribution in [0.2, 0.25) is 0 Å². The second-order valence-corrected chi connectivity index (χ2v) is 2.75. The molecule has 0 unspecified atom stereocenters. The highest BCUT2D eigenvalue weighted by molar-refractivity contribution is 5.75. The van der Waals surface area contributed by atoms with Crippen LogP contribution in [0.4, 0.5) is 0 Å². The van der Waals surface area contributed by atoms with Gasteiger partial charge in [0.15, 0.2) is 6.10 Å². The molecule has 0 aliphatic heterocycles. The van der Waals surface area contributed by atoms with E-state index in [4.69, 9.17) is 10.8 Å². The molecule has 0 saturated carbocycles. The van der Waals surface area contributed by atoms with Gasteiger partial charge in [0.25, 0.3) is 0 Å². The maximum atomic E-state index is 10.6. The Kier molecular flexibility index (Phi) is 2.80. The fourth-order valence-electron chi connectivity index (χ4n) is 0.415. The maximum Gasteiger partial charge on any atom is 0.336 e. The predicted octanol–water partition coefficient (Wildman–Crippen LogP) is -0.742. The van der Waals surface area contributed by atoms with E-state index in [1.165, 1.54) is 7.11 Å². The molecular formula is C6H13NO3. The molecule has 0 aliphatic rings. The van der Waals surface area contributed by atoms with Crippen LogP contribution in [0.25, 0.3) is 0 Å². The van der Waals surface area contributed by atoms with Gasteiger partial charge >= 0.3 is 5.97 Å². The number of nitrogens with two attached hydrogens (primary N) is 1. The fourth-order valence-corrected chi connectivity index (χ4v) is 0.415. The molecule has 4 nitrogen and oxygen atoms in total. The Morgan fingerprint density at radius 3 is 2.20 bits per heavy atom. The minimum Gasteiger partial charge on any atom is -0.467 e. The average molecular weight is 147 g/mol. The molecule has 0 radical (unpaired) electrons. The van der Waals surface area contributed by atoms with Crippen LogP contribution < -0.4 is 5.73 Å². The SMILES string of the molecule is COC(=O)[C@@H](O)C(C)(C)N. The molecule has 3 N–H and O–H groups in total. The van der Waals surface area contributed by atoms with E-state index >= 15 is 0 Å². The molecule has 0 amide bonds. The Morgan fingerprint density at radius 2 is 2.10 bits per heavy atom. The summed E-state index contributed by atoms with van der Waals surface area (Å²) in [7, 11) is 1.21. The van der Waals surface area contributed by atoms with Crippen LogP contribution in [-0.4, -0.2) is 29.8 Å². The van der Waals surface area contributed by atoms with Crippen LogP contribution in [0, 0.1) is 0 Å². The van der Waals surface area contributed by atoms with E-state index in [0.29, 0.717) is 0 Å². The van der Waals surface area contributed by atoms with Gasteiger partial charge in [-0.1, -0.05) is 0 Å². The van der Waals surface area contributed by atoms with Crippen molar-refractivity contribution in [2.24, 2.45) is 5.73 Å². The summed E-state index contributed by atoms with van der Waals surface area (Å²) in [6.07, 6.45) is -1.25. The smallest absolute Gasteiger partial charge is 0.336 e. The molecule has 0 heterocycles. The molecular weight excluding hydrogens is 134 g/mol. The standard InChI is InChI=1S/C6H13NO3/c1-6(2,7)4(8)5(9)10-3/h4,8H,7H2,1-3H3/t4-/m1/s1. The molecule has 4 heteroatoms. The number of hydrogen-bond donors (Lipinski definition) is 2. The predicted molar refractivity (Wildman–Crippen MR) is 36.3 cm³/mol. The maximum absolute atomic E-state index is 10.6. The first-order valence-corrected chi connectivity index (χ1v) is 2.94. The Bertz CT molecular complexity index is 127. The van der Waals surface area contributed by atoms with Gasteiger partial charge in [0.2, 0.25) is 0 Å². The van der Waals surface area contributed by atoms with Crippen molar-refractivity contribution in [1.82, 2.24) is 0 Å². The number of hydrogen-bond acceptors (Lipinski definition) is 4. The zero-order valence-electron chi connectivity index (χ0n) is 6.42. The first-order valence-electron chi connectivity index (χ1n) is 2.94. The van der Waals surface area contributed by atoms with Gasteiger partial charge in [-0.05, 0) is 13.8 Å². The summed E-state index contributed by atoms with van der Waals surface area (Å²) < 4.78 is 4.27. The van der Waals surface area contributed by atoms with Gasteiger partial charge in [0.05, 0.1) is 7.11 Å². The van der Waals surface area contributed by atoms with Crippen molar-refractivity contribution >= 4 is 5.97 Å². The van der Waals surface area contributed by atoms with E-state index < -0.39 is 17.6 Å². The topological polar surface area (TPSA) is 72.5 Å². The number of carbonyl (C=O) groups excluding carboxylic acids is 1. The summed E-state index contributed by atoms with van der Waals surface area (Å²) in [6.45, 7) is 3.10. The van der Waals surface area contributed by atoms with Crippen molar-refractivity contribution in [3.63, 3.8) is 0 Å². The van der Waals surface area contributed by atoms with Crippen molar-refractivity contribution < 1.29 is 14.6 Å². The number of aliphatic hydroxyl groups excluding tert-OH is 1. The second kappa shape index (κ2) is 2.98. The van der Waals surface area contributed by atoms with Crippen LogP contribution in [0.15, 0.2) is 0 Å².